The fourth-order valence-electron chi connectivity index (χ4n) is 7.61. The zero-order chi connectivity index (χ0) is 34.5. The lowest BCUT2D eigenvalue weighted by molar-refractivity contribution is 0.590. The van der Waals surface area contributed by atoms with Gasteiger partial charge in [-0.3, -0.25) is 0 Å². The van der Waals surface area contributed by atoms with Crippen molar-refractivity contribution < 1.29 is 0 Å². The molecule has 0 atom stereocenters. The van der Waals surface area contributed by atoms with Crippen LogP contribution in [0.15, 0.2) is 170 Å². The van der Waals surface area contributed by atoms with Gasteiger partial charge in [0.2, 0.25) is 0 Å². The predicted octanol–water partition coefficient (Wildman–Crippen LogP) is 13.8. The standard InChI is InChI=1S/C49H43N/c1-48(2,3)39-25-20-36(21-26-39)38-24-31-47(44(32-38)37-16-10-7-11-17-37)50(40-27-22-35(23-28-40)34-14-8-6-9-15-34)41-29-30-43-42-18-12-13-19-45(42)49(4,5)46(43)33-41/h6-33H,1-5H3. The van der Waals surface area contributed by atoms with Gasteiger partial charge in [-0.15, -0.1) is 0 Å². The van der Waals surface area contributed by atoms with E-state index in [0.717, 1.165) is 17.1 Å². The van der Waals surface area contributed by atoms with Crippen LogP contribution in [0, 0.1) is 0 Å². The van der Waals surface area contributed by atoms with Crippen molar-refractivity contribution in [3.63, 3.8) is 0 Å². The number of hydrogen-bond donors (Lipinski definition) is 0. The van der Waals surface area contributed by atoms with Crippen LogP contribution in [0.25, 0.3) is 44.5 Å². The van der Waals surface area contributed by atoms with Gasteiger partial charge in [-0.25, -0.2) is 0 Å². The third-order valence-corrected chi connectivity index (χ3v) is 10.5. The molecule has 7 aromatic carbocycles. The summed E-state index contributed by atoms with van der Waals surface area (Å²) in [6.45, 7) is 11.5. The smallest absolute Gasteiger partial charge is 0.0540 e. The highest BCUT2D eigenvalue weighted by atomic mass is 15.1. The van der Waals surface area contributed by atoms with Gasteiger partial charge in [0, 0.05) is 22.4 Å². The predicted molar refractivity (Wildman–Crippen MR) is 214 cm³/mol. The van der Waals surface area contributed by atoms with Gasteiger partial charge in [0.25, 0.3) is 0 Å². The van der Waals surface area contributed by atoms with Gasteiger partial charge in [-0.05, 0) is 97.4 Å². The summed E-state index contributed by atoms with van der Waals surface area (Å²) in [6, 6.07) is 62.5. The van der Waals surface area contributed by atoms with Crippen molar-refractivity contribution in [3.8, 4) is 44.5 Å². The maximum atomic E-state index is 2.45. The molecule has 50 heavy (non-hydrogen) atoms. The molecule has 0 bridgehead atoms. The number of fused-ring (bicyclic) bond motifs is 3. The first-order chi connectivity index (χ1) is 24.2. The van der Waals surface area contributed by atoms with Crippen LogP contribution in [0.5, 0.6) is 0 Å². The molecule has 0 saturated carbocycles. The van der Waals surface area contributed by atoms with Gasteiger partial charge in [-0.1, -0.05) is 168 Å². The zero-order valence-corrected chi connectivity index (χ0v) is 29.6. The first-order valence-electron chi connectivity index (χ1n) is 17.7. The number of benzene rings is 7. The number of nitrogens with zero attached hydrogens (tertiary/aromatic N) is 1. The molecule has 0 aromatic heterocycles. The van der Waals surface area contributed by atoms with Crippen molar-refractivity contribution in [2.45, 2.75) is 45.4 Å². The summed E-state index contributed by atoms with van der Waals surface area (Å²) in [5, 5.41) is 0. The molecule has 0 N–H and O–H groups in total. The van der Waals surface area contributed by atoms with Crippen LogP contribution in [-0.2, 0) is 10.8 Å². The fourth-order valence-corrected chi connectivity index (χ4v) is 7.61. The number of anilines is 3. The minimum Gasteiger partial charge on any atom is -0.310 e. The third kappa shape index (κ3) is 5.63. The Balaban J connectivity index is 1.32. The average Bonchev–Trinajstić information content (AvgIpc) is 3.38. The van der Waals surface area contributed by atoms with Crippen LogP contribution < -0.4 is 4.90 Å². The maximum Gasteiger partial charge on any atom is 0.0540 e. The van der Waals surface area contributed by atoms with Crippen LogP contribution in [0.1, 0.15) is 51.3 Å². The Hall–Kier alpha value is -5.66. The molecule has 0 radical (unpaired) electrons. The quantitative estimate of drug-likeness (QED) is 0.174. The van der Waals surface area contributed by atoms with Crippen molar-refractivity contribution in [2.24, 2.45) is 0 Å². The average molecular weight is 646 g/mol. The molecule has 0 amide bonds. The number of hydrogen-bond acceptors (Lipinski definition) is 1. The topological polar surface area (TPSA) is 3.24 Å². The molecule has 0 heterocycles. The molecule has 7 aromatic rings. The van der Waals surface area contributed by atoms with E-state index in [9.17, 15) is 0 Å². The van der Waals surface area contributed by atoms with Crippen LogP contribution in [0.2, 0.25) is 0 Å². The van der Waals surface area contributed by atoms with Crippen LogP contribution in [0.3, 0.4) is 0 Å². The highest BCUT2D eigenvalue weighted by Crippen LogP contribution is 2.51. The Kier molecular flexibility index (Phi) is 7.80. The Bertz CT molecular complexity index is 2290. The van der Waals surface area contributed by atoms with E-state index in [1.54, 1.807) is 0 Å². The summed E-state index contributed by atoms with van der Waals surface area (Å²) in [6.07, 6.45) is 0. The fraction of sp³-hybridized carbons (Fsp3) is 0.143. The van der Waals surface area contributed by atoms with Crippen molar-refractivity contribution >= 4 is 17.1 Å². The van der Waals surface area contributed by atoms with E-state index >= 15 is 0 Å². The monoisotopic (exact) mass is 645 g/mol. The van der Waals surface area contributed by atoms with Crippen molar-refractivity contribution in [1.29, 1.82) is 0 Å². The maximum absolute atomic E-state index is 2.45. The summed E-state index contributed by atoms with van der Waals surface area (Å²) >= 11 is 0. The molecule has 0 fully saturated rings. The van der Waals surface area contributed by atoms with Crippen molar-refractivity contribution in [3.05, 3.63) is 187 Å². The van der Waals surface area contributed by atoms with Gasteiger partial charge in [0.05, 0.1) is 5.69 Å². The second-order valence-electron chi connectivity index (χ2n) is 15.1. The molecular weight excluding hydrogens is 603 g/mol. The first kappa shape index (κ1) is 31.6. The molecule has 244 valence electrons. The molecule has 1 aliphatic rings. The summed E-state index contributed by atoms with van der Waals surface area (Å²) in [4.78, 5) is 2.45. The molecule has 0 aliphatic heterocycles. The van der Waals surface area contributed by atoms with E-state index in [-0.39, 0.29) is 10.8 Å². The van der Waals surface area contributed by atoms with Crippen molar-refractivity contribution in [1.82, 2.24) is 0 Å². The summed E-state index contributed by atoms with van der Waals surface area (Å²) in [7, 11) is 0. The van der Waals surface area contributed by atoms with E-state index in [1.807, 2.05) is 0 Å². The first-order valence-corrected chi connectivity index (χ1v) is 17.7. The van der Waals surface area contributed by atoms with Gasteiger partial charge in [0.1, 0.15) is 0 Å². The van der Waals surface area contributed by atoms with E-state index in [1.165, 1.54) is 61.2 Å². The summed E-state index contributed by atoms with van der Waals surface area (Å²) < 4.78 is 0. The third-order valence-electron chi connectivity index (χ3n) is 10.5. The molecule has 1 heteroatoms. The summed E-state index contributed by atoms with van der Waals surface area (Å²) in [5.74, 6) is 0. The van der Waals surface area contributed by atoms with E-state index < -0.39 is 0 Å². The van der Waals surface area contributed by atoms with Crippen LogP contribution >= 0.6 is 0 Å². The normalized spacial score (nSPS) is 13.1. The largest absolute Gasteiger partial charge is 0.310 e. The van der Waals surface area contributed by atoms with Gasteiger partial charge in [-0.2, -0.15) is 0 Å². The molecule has 1 nitrogen and oxygen atoms in total. The van der Waals surface area contributed by atoms with Crippen LogP contribution in [-0.4, -0.2) is 0 Å². The highest BCUT2D eigenvalue weighted by molar-refractivity contribution is 5.92. The lowest BCUT2D eigenvalue weighted by atomic mass is 9.82. The van der Waals surface area contributed by atoms with Gasteiger partial charge < -0.3 is 4.90 Å². The Labute approximate surface area is 297 Å². The SMILES string of the molecule is CC(C)(C)c1ccc(-c2ccc(N(c3ccc(-c4ccccc4)cc3)c3ccc4c(c3)C(C)(C)c3ccccc3-4)c(-c3ccccc3)c2)cc1. The minimum atomic E-state index is -0.101. The molecular formula is C49H43N. The van der Waals surface area contributed by atoms with E-state index in [2.05, 4.69) is 209 Å². The van der Waals surface area contributed by atoms with Crippen LogP contribution in [0.4, 0.5) is 17.1 Å². The van der Waals surface area contributed by atoms with Crippen molar-refractivity contribution in [2.75, 3.05) is 4.90 Å². The Morgan fingerprint density at radius 2 is 0.920 bits per heavy atom. The molecule has 1 aliphatic carbocycles. The molecule has 0 unspecified atom stereocenters. The summed E-state index contributed by atoms with van der Waals surface area (Å²) in [5.41, 5.74) is 17.4. The second kappa shape index (κ2) is 12.3. The lowest BCUT2D eigenvalue weighted by Gasteiger charge is -2.30. The Morgan fingerprint density at radius 3 is 1.60 bits per heavy atom. The lowest BCUT2D eigenvalue weighted by Crippen LogP contribution is -2.17. The number of rotatable bonds is 6. The molecule has 8 rings (SSSR count). The second-order valence-corrected chi connectivity index (χ2v) is 15.1. The van der Waals surface area contributed by atoms with E-state index in [4.69, 9.17) is 0 Å². The molecule has 0 saturated heterocycles. The minimum absolute atomic E-state index is 0.101. The highest BCUT2D eigenvalue weighted by Gasteiger charge is 2.36. The Morgan fingerprint density at radius 1 is 0.400 bits per heavy atom. The molecule has 0 spiro atoms. The van der Waals surface area contributed by atoms with Gasteiger partial charge >= 0.3 is 0 Å². The zero-order valence-electron chi connectivity index (χ0n) is 29.6. The van der Waals surface area contributed by atoms with Gasteiger partial charge in [0.15, 0.2) is 0 Å². The van der Waals surface area contributed by atoms with E-state index in [0.29, 0.717) is 0 Å².